The smallest absolute Gasteiger partial charge is 0.288 e. The number of alkyl halides is 2. The van der Waals surface area contributed by atoms with E-state index in [0.29, 0.717) is 0 Å². The van der Waals surface area contributed by atoms with Crippen LogP contribution in [0.3, 0.4) is 0 Å². The summed E-state index contributed by atoms with van der Waals surface area (Å²) in [5.74, 6) is -2.10. The summed E-state index contributed by atoms with van der Waals surface area (Å²) in [7, 11) is 0. The number of hydrogen-bond acceptors (Lipinski definition) is 1. The molecule has 0 atom stereocenters. The number of carbonyl (C=O) groups is 1. The fourth-order valence-electron chi connectivity index (χ4n) is 0.804. The van der Waals surface area contributed by atoms with Crippen molar-refractivity contribution < 1.29 is 18.0 Å². The Bertz CT molecular complexity index is 338. The maximum Gasteiger partial charge on any atom is 0.300 e. The van der Waals surface area contributed by atoms with Crippen molar-refractivity contribution in [2.75, 3.05) is 0 Å². The average Bonchev–Trinajstić information content (AvgIpc) is 2.08. The Balaban J connectivity index is 3.13. The van der Waals surface area contributed by atoms with Crippen LogP contribution in [0.25, 0.3) is 0 Å². The van der Waals surface area contributed by atoms with Gasteiger partial charge in [-0.2, -0.15) is 0 Å². The van der Waals surface area contributed by atoms with Gasteiger partial charge in [-0.1, -0.05) is 15.9 Å². The van der Waals surface area contributed by atoms with Crippen molar-refractivity contribution in [3.05, 3.63) is 34.1 Å². The molecule has 0 aliphatic carbocycles. The van der Waals surface area contributed by atoms with E-state index in [1.807, 2.05) is 0 Å². The largest absolute Gasteiger partial charge is 0.300 e. The summed E-state index contributed by atoms with van der Waals surface area (Å²) in [6.07, 6.45) is -3.11. The number of rotatable bonds is 2. The Morgan fingerprint density at radius 1 is 1.38 bits per heavy atom. The summed E-state index contributed by atoms with van der Waals surface area (Å²) in [6, 6.07) is 3.07. The molecule has 5 heteroatoms. The first-order valence-electron chi connectivity index (χ1n) is 3.30. The Labute approximate surface area is 80.7 Å². The normalized spacial score (nSPS) is 10.5. The van der Waals surface area contributed by atoms with Gasteiger partial charge in [-0.3, -0.25) is 4.79 Å². The lowest BCUT2D eigenvalue weighted by molar-refractivity contribution is 0.0677. The van der Waals surface area contributed by atoms with E-state index in [-0.39, 0.29) is 10.0 Å². The van der Waals surface area contributed by atoms with E-state index in [9.17, 15) is 18.0 Å². The second-order valence-corrected chi connectivity index (χ2v) is 3.14. The Hall–Kier alpha value is -0.840. The fourth-order valence-corrected chi connectivity index (χ4v) is 1.25. The first kappa shape index (κ1) is 10.2. The molecule has 0 aliphatic heterocycles. The van der Waals surface area contributed by atoms with E-state index in [2.05, 4.69) is 15.9 Å². The van der Waals surface area contributed by atoms with Gasteiger partial charge in [0, 0.05) is 10.0 Å². The van der Waals surface area contributed by atoms with Gasteiger partial charge < -0.3 is 0 Å². The zero-order chi connectivity index (χ0) is 10.0. The standard InChI is InChI=1S/C8H4BrF3O/c9-6-2-1-4(10)3-5(6)7(13)8(11)12/h1-3,8H. The molecule has 0 amide bonds. The molecule has 1 nitrogen and oxygen atoms in total. The molecule has 0 saturated heterocycles. The molecule has 0 heterocycles. The van der Waals surface area contributed by atoms with Crippen molar-refractivity contribution in [2.24, 2.45) is 0 Å². The highest BCUT2D eigenvalue weighted by molar-refractivity contribution is 9.10. The molecule has 1 rings (SSSR count). The minimum atomic E-state index is -3.11. The van der Waals surface area contributed by atoms with Gasteiger partial charge in [-0.25, -0.2) is 13.2 Å². The second kappa shape index (κ2) is 3.91. The van der Waals surface area contributed by atoms with Crippen molar-refractivity contribution in [3.8, 4) is 0 Å². The average molecular weight is 253 g/mol. The molecule has 0 spiro atoms. The third-order valence-corrected chi connectivity index (χ3v) is 2.08. The van der Waals surface area contributed by atoms with Crippen LogP contribution in [0.2, 0.25) is 0 Å². The zero-order valence-electron chi connectivity index (χ0n) is 6.23. The number of benzene rings is 1. The van der Waals surface area contributed by atoms with Crippen LogP contribution in [-0.2, 0) is 0 Å². The van der Waals surface area contributed by atoms with E-state index < -0.39 is 18.0 Å². The van der Waals surface area contributed by atoms with E-state index >= 15 is 0 Å². The first-order valence-corrected chi connectivity index (χ1v) is 4.09. The summed E-state index contributed by atoms with van der Waals surface area (Å²) in [5.41, 5.74) is -0.338. The SMILES string of the molecule is O=C(c1cc(F)ccc1Br)C(F)F. The van der Waals surface area contributed by atoms with Crippen molar-refractivity contribution in [1.82, 2.24) is 0 Å². The van der Waals surface area contributed by atoms with E-state index in [0.717, 1.165) is 12.1 Å². The maximum absolute atomic E-state index is 12.6. The molecule has 0 aromatic heterocycles. The van der Waals surface area contributed by atoms with Crippen LogP contribution >= 0.6 is 15.9 Å². The lowest BCUT2D eigenvalue weighted by atomic mass is 10.1. The molecule has 70 valence electrons. The molecule has 0 radical (unpaired) electrons. The number of ketones is 1. The van der Waals surface area contributed by atoms with Gasteiger partial charge in [0.2, 0.25) is 5.78 Å². The van der Waals surface area contributed by atoms with Gasteiger partial charge in [-0.05, 0) is 18.2 Å². The van der Waals surface area contributed by atoms with Crippen LogP contribution in [0.4, 0.5) is 13.2 Å². The third-order valence-electron chi connectivity index (χ3n) is 1.39. The molecule has 0 fully saturated rings. The molecular formula is C8H4BrF3O. The van der Waals surface area contributed by atoms with Crippen molar-refractivity contribution >= 4 is 21.7 Å². The van der Waals surface area contributed by atoms with Gasteiger partial charge >= 0.3 is 6.43 Å². The highest BCUT2D eigenvalue weighted by atomic mass is 79.9. The highest BCUT2D eigenvalue weighted by Crippen LogP contribution is 2.20. The van der Waals surface area contributed by atoms with Gasteiger partial charge in [0.05, 0.1) is 0 Å². The van der Waals surface area contributed by atoms with E-state index in [1.54, 1.807) is 0 Å². The van der Waals surface area contributed by atoms with Crippen LogP contribution in [-0.4, -0.2) is 12.2 Å². The molecular weight excluding hydrogens is 249 g/mol. The molecule has 0 N–H and O–H groups in total. The molecule has 1 aromatic rings. The second-order valence-electron chi connectivity index (χ2n) is 2.29. The van der Waals surface area contributed by atoms with Crippen molar-refractivity contribution in [1.29, 1.82) is 0 Å². The van der Waals surface area contributed by atoms with E-state index in [1.165, 1.54) is 6.07 Å². The van der Waals surface area contributed by atoms with Crippen molar-refractivity contribution in [3.63, 3.8) is 0 Å². The fraction of sp³-hybridized carbons (Fsp3) is 0.125. The predicted octanol–water partition coefficient (Wildman–Crippen LogP) is 3.04. The first-order chi connectivity index (χ1) is 6.02. The summed E-state index contributed by atoms with van der Waals surface area (Å²) in [5, 5.41) is 0. The molecule has 0 unspecified atom stereocenters. The van der Waals surface area contributed by atoms with Crippen LogP contribution < -0.4 is 0 Å². The Morgan fingerprint density at radius 3 is 2.54 bits per heavy atom. The Kier molecular flexibility index (Phi) is 3.08. The third kappa shape index (κ3) is 2.30. The van der Waals surface area contributed by atoms with Gasteiger partial charge in [0.25, 0.3) is 0 Å². The minimum absolute atomic E-state index is 0.166. The quantitative estimate of drug-likeness (QED) is 0.740. The van der Waals surface area contributed by atoms with Gasteiger partial charge in [0.1, 0.15) is 5.82 Å². The van der Waals surface area contributed by atoms with Crippen LogP contribution in [0.15, 0.2) is 22.7 Å². The predicted molar refractivity (Wildman–Crippen MR) is 44.4 cm³/mol. The summed E-state index contributed by atoms with van der Waals surface area (Å²) in [4.78, 5) is 10.8. The highest BCUT2D eigenvalue weighted by Gasteiger charge is 2.20. The number of hydrogen-bond donors (Lipinski definition) is 0. The topological polar surface area (TPSA) is 17.1 Å². The Morgan fingerprint density at radius 2 is 2.00 bits per heavy atom. The number of halogens is 4. The molecule has 0 saturated carbocycles. The summed E-state index contributed by atoms with van der Waals surface area (Å²) >= 11 is 2.88. The zero-order valence-corrected chi connectivity index (χ0v) is 7.82. The maximum atomic E-state index is 12.6. The molecule has 0 bridgehead atoms. The summed E-state index contributed by atoms with van der Waals surface area (Å²) in [6.45, 7) is 0. The van der Waals surface area contributed by atoms with E-state index in [4.69, 9.17) is 0 Å². The molecule has 1 aromatic carbocycles. The van der Waals surface area contributed by atoms with Crippen LogP contribution in [0.5, 0.6) is 0 Å². The van der Waals surface area contributed by atoms with Gasteiger partial charge in [0.15, 0.2) is 0 Å². The molecule has 0 aliphatic rings. The van der Waals surface area contributed by atoms with Crippen molar-refractivity contribution in [2.45, 2.75) is 6.43 Å². The number of carbonyl (C=O) groups excluding carboxylic acids is 1. The lowest BCUT2D eigenvalue weighted by Gasteiger charge is -2.01. The lowest BCUT2D eigenvalue weighted by Crippen LogP contribution is -2.11. The minimum Gasteiger partial charge on any atom is -0.288 e. The monoisotopic (exact) mass is 252 g/mol. The molecule has 13 heavy (non-hydrogen) atoms. The van der Waals surface area contributed by atoms with Crippen LogP contribution in [0.1, 0.15) is 10.4 Å². The van der Waals surface area contributed by atoms with Gasteiger partial charge in [-0.15, -0.1) is 0 Å². The van der Waals surface area contributed by atoms with Crippen LogP contribution in [0, 0.1) is 5.82 Å². The summed E-state index contributed by atoms with van der Waals surface area (Å²) < 4.78 is 36.6. The number of Topliss-reactive ketones (excluding diaryl/α,β-unsaturated/α-hetero) is 1.